The molecule has 0 radical (unpaired) electrons. The van der Waals surface area contributed by atoms with Crippen LogP contribution in [-0.2, 0) is 6.54 Å². The van der Waals surface area contributed by atoms with Crippen molar-refractivity contribution in [2.24, 2.45) is 0 Å². The van der Waals surface area contributed by atoms with Crippen LogP contribution in [-0.4, -0.2) is 10.9 Å². The summed E-state index contributed by atoms with van der Waals surface area (Å²) >= 11 is 1.52. The Labute approximate surface area is 103 Å². The SMILES string of the molecule is Cc1c(N)cccc1C(=O)NCc1nccs1. The molecule has 0 aliphatic rings. The fraction of sp³-hybridized carbons (Fsp3) is 0.167. The molecule has 1 heterocycles. The van der Waals surface area contributed by atoms with Crippen LogP contribution in [0, 0.1) is 6.92 Å². The van der Waals surface area contributed by atoms with Crippen LogP contribution in [0.5, 0.6) is 0 Å². The largest absolute Gasteiger partial charge is 0.398 e. The van der Waals surface area contributed by atoms with Gasteiger partial charge in [0.1, 0.15) is 5.01 Å². The summed E-state index contributed by atoms with van der Waals surface area (Å²) in [7, 11) is 0. The quantitative estimate of drug-likeness (QED) is 0.815. The molecule has 0 saturated carbocycles. The Morgan fingerprint density at radius 3 is 3.06 bits per heavy atom. The van der Waals surface area contributed by atoms with E-state index in [9.17, 15) is 4.79 Å². The van der Waals surface area contributed by atoms with Gasteiger partial charge in [-0.05, 0) is 24.6 Å². The first-order valence-electron chi connectivity index (χ1n) is 5.20. The zero-order chi connectivity index (χ0) is 12.3. The highest BCUT2D eigenvalue weighted by Gasteiger charge is 2.10. The fourth-order valence-electron chi connectivity index (χ4n) is 1.49. The Hall–Kier alpha value is -1.88. The third-order valence-electron chi connectivity index (χ3n) is 2.50. The van der Waals surface area contributed by atoms with Gasteiger partial charge in [-0.2, -0.15) is 0 Å². The number of carbonyl (C=O) groups excluding carboxylic acids is 1. The number of carbonyl (C=O) groups is 1. The summed E-state index contributed by atoms with van der Waals surface area (Å²) in [5.74, 6) is -0.120. The van der Waals surface area contributed by atoms with Crippen LogP contribution < -0.4 is 11.1 Å². The van der Waals surface area contributed by atoms with E-state index in [-0.39, 0.29) is 5.91 Å². The number of rotatable bonds is 3. The molecule has 1 amide bonds. The maximum Gasteiger partial charge on any atom is 0.251 e. The highest BCUT2D eigenvalue weighted by molar-refractivity contribution is 7.09. The van der Waals surface area contributed by atoms with E-state index >= 15 is 0 Å². The fourth-order valence-corrected chi connectivity index (χ4v) is 2.05. The Balaban J connectivity index is 2.07. The van der Waals surface area contributed by atoms with Crippen LogP contribution in [0.4, 0.5) is 5.69 Å². The first-order valence-corrected chi connectivity index (χ1v) is 6.08. The van der Waals surface area contributed by atoms with Crippen molar-refractivity contribution in [3.63, 3.8) is 0 Å². The predicted octanol–water partition coefficient (Wildman–Crippen LogP) is 1.96. The van der Waals surface area contributed by atoms with Crippen molar-refractivity contribution in [3.05, 3.63) is 45.9 Å². The minimum absolute atomic E-state index is 0.120. The predicted molar refractivity (Wildman–Crippen MR) is 68.9 cm³/mol. The number of nitrogens with one attached hydrogen (secondary N) is 1. The van der Waals surface area contributed by atoms with E-state index in [2.05, 4.69) is 10.3 Å². The third-order valence-corrected chi connectivity index (χ3v) is 3.28. The van der Waals surface area contributed by atoms with Crippen molar-refractivity contribution in [1.29, 1.82) is 0 Å². The molecule has 0 atom stereocenters. The summed E-state index contributed by atoms with van der Waals surface area (Å²) in [6.07, 6.45) is 1.72. The third kappa shape index (κ3) is 2.62. The molecule has 0 spiro atoms. The lowest BCUT2D eigenvalue weighted by molar-refractivity contribution is 0.0950. The van der Waals surface area contributed by atoms with Gasteiger partial charge in [0.15, 0.2) is 0 Å². The van der Waals surface area contributed by atoms with E-state index in [0.29, 0.717) is 17.8 Å². The van der Waals surface area contributed by atoms with Gasteiger partial charge >= 0.3 is 0 Å². The smallest absolute Gasteiger partial charge is 0.251 e. The molecule has 0 fully saturated rings. The second-order valence-corrected chi connectivity index (χ2v) is 4.61. The molecule has 88 valence electrons. The van der Waals surface area contributed by atoms with Gasteiger partial charge in [0.25, 0.3) is 5.91 Å². The molecule has 0 bridgehead atoms. The lowest BCUT2D eigenvalue weighted by atomic mass is 10.1. The number of nitrogens with zero attached hydrogens (tertiary/aromatic N) is 1. The molecule has 5 heteroatoms. The second-order valence-electron chi connectivity index (χ2n) is 3.63. The number of anilines is 1. The highest BCUT2D eigenvalue weighted by atomic mass is 32.1. The van der Waals surface area contributed by atoms with Gasteiger partial charge < -0.3 is 11.1 Å². The van der Waals surface area contributed by atoms with E-state index in [1.54, 1.807) is 24.4 Å². The van der Waals surface area contributed by atoms with E-state index < -0.39 is 0 Å². The van der Waals surface area contributed by atoms with Crippen molar-refractivity contribution >= 4 is 22.9 Å². The molecular weight excluding hydrogens is 234 g/mol. The minimum Gasteiger partial charge on any atom is -0.398 e. The average Bonchev–Trinajstić information content (AvgIpc) is 2.82. The maximum absolute atomic E-state index is 11.9. The Morgan fingerprint density at radius 2 is 2.35 bits per heavy atom. The number of nitrogens with two attached hydrogens (primary N) is 1. The van der Waals surface area contributed by atoms with Crippen molar-refractivity contribution < 1.29 is 4.79 Å². The van der Waals surface area contributed by atoms with Crippen LogP contribution in [0.2, 0.25) is 0 Å². The lowest BCUT2D eigenvalue weighted by Crippen LogP contribution is -2.23. The average molecular weight is 247 g/mol. The van der Waals surface area contributed by atoms with Crippen LogP contribution in [0.15, 0.2) is 29.8 Å². The Bertz CT molecular complexity index is 523. The van der Waals surface area contributed by atoms with Gasteiger partial charge in [0.2, 0.25) is 0 Å². The van der Waals surface area contributed by atoms with Gasteiger partial charge in [-0.3, -0.25) is 4.79 Å². The van der Waals surface area contributed by atoms with Crippen molar-refractivity contribution in [2.75, 3.05) is 5.73 Å². The number of hydrogen-bond acceptors (Lipinski definition) is 4. The number of aromatic nitrogens is 1. The van der Waals surface area contributed by atoms with Gasteiger partial charge in [0, 0.05) is 22.8 Å². The number of hydrogen-bond donors (Lipinski definition) is 2. The number of nitrogen functional groups attached to an aromatic ring is 1. The van der Waals surface area contributed by atoms with Crippen LogP contribution in [0.1, 0.15) is 20.9 Å². The lowest BCUT2D eigenvalue weighted by Gasteiger charge is -2.08. The van der Waals surface area contributed by atoms with Gasteiger partial charge in [0.05, 0.1) is 6.54 Å². The Kier molecular flexibility index (Phi) is 3.39. The molecule has 1 aromatic carbocycles. The normalized spacial score (nSPS) is 10.2. The van der Waals surface area contributed by atoms with Crippen molar-refractivity contribution in [3.8, 4) is 0 Å². The summed E-state index contributed by atoms with van der Waals surface area (Å²) in [5, 5.41) is 5.59. The highest BCUT2D eigenvalue weighted by Crippen LogP contribution is 2.15. The van der Waals surface area contributed by atoms with Gasteiger partial charge in [-0.1, -0.05) is 6.07 Å². The summed E-state index contributed by atoms with van der Waals surface area (Å²) < 4.78 is 0. The first-order chi connectivity index (χ1) is 8.18. The zero-order valence-electron chi connectivity index (χ0n) is 9.43. The molecule has 1 aromatic heterocycles. The molecule has 0 aliphatic heterocycles. The molecule has 3 N–H and O–H groups in total. The van der Waals surface area contributed by atoms with Gasteiger partial charge in [-0.25, -0.2) is 4.98 Å². The number of amides is 1. The summed E-state index contributed by atoms with van der Waals surface area (Å²) in [5.41, 5.74) is 7.81. The molecule has 4 nitrogen and oxygen atoms in total. The molecule has 17 heavy (non-hydrogen) atoms. The van der Waals surface area contributed by atoms with Crippen molar-refractivity contribution in [1.82, 2.24) is 10.3 Å². The first kappa shape index (κ1) is 11.6. The molecule has 2 aromatic rings. The number of benzene rings is 1. The number of thiazole rings is 1. The second kappa shape index (κ2) is 4.97. The summed E-state index contributed by atoms with van der Waals surface area (Å²) in [6, 6.07) is 5.33. The van der Waals surface area contributed by atoms with E-state index in [1.807, 2.05) is 12.3 Å². The summed E-state index contributed by atoms with van der Waals surface area (Å²) in [4.78, 5) is 16.0. The standard InChI is InChI=1S/C12H13N3OS/c1-8-9(3-2-4-10(8)13)12(16)15-7-11-14-5-6-17-11/h2-6H,7,13H2,1H3,(H,15,16). The topological polar surface area (TPSA) is 68.0 Å². The molecular formula is C12H13N3OS. The summed E-state index contributed by atoms with van der Waals surface area (Å²) in [6.45, 7) is 2.29. The van der Waals surface area contributed by atoms with E-state index in [4.69, 9.17) is 5.73 Å². The van der Waals surface area contributed by atoms with E-state index in [0.717, 1.165) is 10.6 Å². The van der Waals surface area contributed by atoms with Crippen LogP contribution >= 0.6 is 11.3 Å². The minimum atomic E-state index is -0.120. The molecule has 2 rings (SSSR count). The van der Waals surface area contributed by atoms with Gasteiger partial charge in [-0.15, -0.1) is 11.3 Å². The molecule has 0 saturated heterocycles. The van der Waals surface area contributed by atoms with Crippen LogP contribution in [0.3, 0.4) is 0 Å². The van der Waals surface area contributed by atoms with E-state index in [1.165, 1.54) is 11.3 Å². The monoisotopic (exact) mass is 247 g/mol. The van der Waals surface area contributed by atoms with Crippen molar-refractivity contribution in [2.45, 2.75) is 13.5 Å². The molecule has 0 unspecified atom stereocenters. The Morgan fingerprint density at radius 1 is 1.53 bits per heavy atom. The zero-order valence-corrected chi connectivity index (χ0v) is 10.3. The molecule has 0 aliphatic carbocycles. The van der Waals surface area contributed by atoms with Crippen LogP contribution in [0.25, 0.3) is 0 Å². The maximum atomic E-state index is 11.9.